The van der Waals surface area contributed by atoms with E-state index in [0.717, 1.165) is 89.9 Å². The number of hydrogen-bond acceptors (Lipinski definition) is 8. The molecule has 0 bridgehead atoms. The van der Waals surface area contributed by atoms with E-state index in [2.05, 4.69) is 98.9 Å². The molecule has 2 atom stereocenters. The fourth-order valence-electron chi connectivity index (χ4n) is 5.16. The largest absolute Gasteiger partial charge is 0.472 e. The van der Waals surface area contributed by atoms with Crippen LogP contribution in [-0.4, -0.2) is 49.3 Å². The zero-order valence-corrected chi connectivity index (χ0v) is 35.3. The van der Waals surface area contributed by atoms with Gasteiger partial charge in [0.25, 0.3) is 0 Å². The van der Waals surface area contributed by atoms with E-state index < -0.39 is 32.5 Å². The number of rotatable bonds is 38. The normalized spacial score (nSPS) is 14.2. The Kier molecular flexibility index (Phi) is 38.8. The molecule has 1 unspecified atom stereocenters. The van der Waals surface area contributed by atoms with Gasteiger partial charge in [-0.25, -0.2) is 4.57 Å². The fraction of sp³-hybridized carbons (Fsp3) is 0.644. The van der Waals surface area contributed by atoms with Gasteiger partial charge in [0.15, 0.2) is 6.10 Å². The second-order valence-electron chi connectivity index (χ2n) is 13.5. The van der Waals surface area contributed by atoms with Crippen LogP contribution in [0.25, 0.3) is 0 Å². The van der Waals surface area contributed by atoms with E-state index >= 15 is 0 Å². The highest BCUT2D eigenvalue weighted by molar-refractivity contribution is 7.47. The van der Waals surface area contributed by atoms with Crippen LogP contribution in [0, 0.1) is 0 Å². The topological polar surface area (TPSA) is 134 Å². The highest BCUT2D eigenvalue weighted by Crippen LogP contribution is 2.43. The monoisotopic (exact) mass is 790 g/mol. The molecule has 0 radical (unpaired) electrons. The maximum absolute atomic E-state index is 12.6. The number of allylic oxidation sites excluding steroid dienone is 14. The van der Waals surface area contributed by atoms with E-state index in [4.69, 9.17) is 24.3 Å². The van der Waals surface area contributed by atoms with Crippen molar-refractivity contribution in [3.05, 3.63) is 85.1 Å². The maximum atomic E-state index is 12.6. The van der Waals surface area contributed by atoms with Gasteiger partial charge in [0.2, 0.25) is 0 Å². The molecule has 0 spiro atoms. The van der Waals surface area contributed by atoms with Crippen molar-refractivity contribution in [2.24, 2.45) is 5.73 Å². The first-order valence-electron chi connectivity index (χ1n) is 21.1. The minimum atomic E-state index is -4.39. The molecule has 0 aliphatic heterocycles. The van der Waals surface area contributed by atoms with Crippen LogP contribution in [0.5, 0.6) is 0 Å². The van der Waals surface area contributed by atoms with Crippen molar-refractivity contribution in [1.82, 2.24) is 0 Å². The Morgan fingerprint density at radius 1 is 0.564 bits per heavy atom. The summed E-state index contributed by atoms with van der Waals surface area (Å²) in [7, 11) is -4.39. The number of phosphoric ester groups is 1. The van der Waals surface area contributed by atoms with E-state index in [0.29, 0.717) is 12.8 Å². The molecule has 314 valence electrons. The Bertz CT molecular complexity index is 1170. The summed E-state index contributed by atoms with van der Waals surface area (Å²) < 4.78 is 32.7. The van der Waals surface area contributed by atoms with Gasteiger partial charge in [-0.15, -0.1) is 0 Å². The number of carbonyl (C=O) groups is 2. The van der Waals surface area contributed by atoms with Crippen LogP contribution in [0.1, 0.15) is 155 Å². The summed E-state index contributed by atoms with van der Waals surface area (Å²) >= 11 is 0. The van der Waals surface area contributed by atoms with Crippen molar-refractivity contribution < 1.29 is 37.6 Å². The minimum absolute atomic E-state index is 0.0409. The molecule has 0 fully saturated rings. The number of hydrogen-bond donors (Lipinski definition) is 2. The van der Waals surface area contributed by atoms with Gasteiger partial charge in [0.05, 0.1) is 13.2 Å². The lowest BCUT2D eigenvalue weighted by Gasteiger charge is -2.19. The Morgan fingerprint density at radius 2 is 1.00 bits per heavy atom. The van der Waals surface area contributed by atoms with Crippen molar-refractivity contribution >= 4 is 19.8 Å². The molecular weight excluding hydrogens is 713 g/mol. The van der Waals surface area contributed by atoms with Crippen LogP contribution in [0.3, 0.4) is 0 Å². The summed E-state index contributed by atoms with van der Waals surface area (Å²) in [5, 5.41) is 0. The van der Waals surface area contributed by atoms with Gasteiger partial charge in [0.1, 0.15) is 6.61 Å². The minimum Gasteiger partial charge on any atom is -0.462 e. The summed E-state index contributed by atoms with van der Waals surface area (Å²) in [5.74, 6) is -0.891. The zero-order valence-electron chi connectivity index (χ0n) is 34.4. The van der Waals surface area contributed by atoms with Gasteiger partial charge in [-0.3, -0.25) is 18.6 Å². The van der Waals surface area contributed by atoms with Crippen LogP contribution in [0.4, 0.5) is 0 Å². The van der Waals surface area contributed by atoms with E-state index in [9.17, 15) is 19.0 Å². The summed E-state index contributed by atoms with van der Waals surface area (Å²) in [6, 6.07) is 0. The quantitative estimate of drug-likeness (QED) is 0.0271. The molecule has 0 amide bonds. The molecular formula is C45H76NO8P. The number of esters is 2. The third kappa shape index (κ3) is 40.7. The molecule has 55 heavy (non-hydrogen) atoms. The van der Waals surface area contributed by atoms with Gasteiger partial charge in [-0.05, 0) is 89.9 Å². The molecule has 0 aromatic rings. The smallest absolute Gasteiger partial charge is 0.462 e. The van der Waals surface area contributed by atoms with E-state index in [-0.39, 0.29) is 32.6 Å². The van der Waals surface area contributed by atoms with Crippen LogP contribution < -0.4 is 5.73 Å². The molecule has 0 aromatic heterocycles. The van der Waals surface area contributed by atoms with Crippen molar-refractivity contribution in [3.63, 3.8) is 0 Å². The highest BCUT2D eigenvalue weighted by Gasteiger charge is 2.25. The third-order valence-electron chi connectivity index (χ3n) is 8.27. The number of phosphoric acid groups is 1. The first-order valence-corrected chi connectivity index (χ1v) is 22.6. The first-order chi connectivity index (χ1) is 26.8. The lowest BCUT2D eigenvalue weighted by Crippen LogP contribution is -2.29. The highest BCUT2D eigenvalue weighted by atomic mass is 31.2. The molecule has 0 saturated carbocycles. The van der Waals surface area contributed by atoms with Crippen LogP contribution in [-0.2, 0) is 32.7 Å². The van der Waals surface area contributed by atoms with Gasteiger partial charge >= 0.3 is 19.8 Å². The Morgan fingerprint density at radius 3 is 1.47 bits per heavy atom. The van der Waals surface area contributed by atoms with Crippen molar-refractivity contribution in [2.75, 3.05) is 26.4 Å². The van der Waals surface area contributed by atoms with Gasteiger partial charge in [-0.2, -0.15) is 0 Å². The van der Waals surface area contributed by atoms with Crippen molar-refractivity contribution in [3.8, 4) is 0 Å². The Hall–Kier alpha value is -2.81. The zero-order chi connectivity index (χ0) is 40.3. The molecule has 0 aliphatic carbocycles. The molecule has 0 heterocycles. The average Bonchev–Trinajstić information content (AvgIpc) is 3.17. The Balaban J connectivity index is 4.28. The molecule has 0 rings (SSSR count). The third-order valence-corrected chi connectivity index (χ3v) is 9.25. The standard InChI is InChI=1S/C45H76NO8P/c1-3-5-7-9-11-13-15-17-19-21-23-25-27-29-31-33-35-37-44(47)51-41-43(42-53-55(49,50)52-40-39-46)54-45(48)38-36-34-32-30-28-26-24-22-20-18-16-14-12-10-8-6-4-2/h6,8,11-14,17-20,23-26,43H,3-5,7,9-10,15-16,21-22,27-42,46H2,1-2H3,(H,49,50)/t43-/m1/s1. The van der Waals surface area contributed by atoms with E-state index in [1.54, 1.807) is 0 Å². The Labute approximate surface area is 334 Å². The van der Waals surface area contributed by atoms with Crippen molar-refractivity contribution in [2.45, 2.75) is 161 Å². The first kappa shape index (κ1) is 52.2. The molecule has 9 nitrogen and oxygen atoms in total. The van der Waals surface area contributed by atoms with Gasteiger partial charge in [-0.1, -0.05) is 137 Å². The summed E-state index contributed by atoms with van der Waals surface area (Å²) in [5.41, 5.74) is 5.34. The van der Waals surface area contributed by atoms with Crippen LogP contribution in [0.2, 0.25) is 0 Å². The summed E-state index contributed by atoms with van der Waals surface area (Å²) in [6.45, 7) is 3.51. The summed E-state index contributed by atoms with van der Waals surface area (Å²) in [6.07, 6.45) is 50.4. The lowest BCUT2D eigenvalue weighted by molar-refractivity contribution is -0.161. The van der Waals surface area contributed by atoms with Crippen LogP contribution in [0.15, 0.2) is 85.1 Å². The van der Waals surface area contributed by atoms with E-state index in [1.165, 1.54) is 25.7 Å². The number of nitrogens with two attached hydrogens (primary N) is 1. The molecule has 3 N–H and O–H groups in total. The number of carbonyl (C=O) groups excluding carboxylic acids is 2. The molecule has 0 saturated heterocycles. The second kappa shape index (κ2) is 40.8. The molecule has 0 aliphatic rings. The van der Waals surface area contributed by atoms with Gasteiger partial charge < -0.3 is 20.1 Å². The summed E-state index contributed by atoms with van der Waals surface area (Å²) in [4.78, 5) is 34.8. The molecule has 10 heteroatoms. The lowest BCUT2D eigenvalue weighted by atomic mass is 10.1. The number of ether oxygens (including phenoxy) is 2. The predicted octanol–water partition coefficient (Wildman–Crippen LogP) is 12.0. The maximum Gasteiger partial charge on any atom is 0.472 e. The van der Waals surface area contributed by atoms with Crippen molar-refractivity contribution in [1.29, 1.82) is 0 Å². The SMILES string of the molecule is CCC=CCC=CCC=CCC=CCCCCCCC(=O)O[C@H](COC(=O)CCCCCCC=CCC=CCC=CCCCCC)COP(=O)(O)OCCN. The van der Waals surface area contributed by atoms with Gasteiger partial charge in [0, 0.05) is 19.4 Å². The van der Waals surface area contributed by atoms with E-state index in [1.807, 2.05) is 0 Å². The van der Waals surface area contributed by atoms with Crippen LogP contribution >= 0.6 is 7.82 Å². The average molecular weight is 790 g/mol. The predicted molar refractivity (Wildman–Crippen MR) is 229 cm³/mol. The number of unbranched alkanes of at least 4 members (excludes halogenated alkanes) is 11. The molecule has 0 aromatic carbocycles. The second-order valence-corrected chi connectivity index (χ2v) is 14.9. The fourth-order valence-corrected chi connectivity index (χ4v) is 5.92.